The van der Waals surface area contributed by atoms with Gasteiger partial charge in [-0.3, -0.25) is 4.79 Å². The Morgan fingerprint density at radius 2 is 2.12 bits per heavy atom. The van der Waals surface area contributed by atoms with E-state index in [4.69, 9.17) is 5.11 Å². The Morgan fingerprint density at radius 1 is 1.44 bits per heavy atom. The van der Waals surface area contributed by atoms with Crippen molar-refractivity contribution in [3.8, 4) is 0 Å². The van der Waals surface area contributed by atoms with Gasteiger partial charge in [-0.1, -0.05) is 24.3 Å². The van der Waals surface area contributed by atoms with Crippen LogP contribution in [0.15, 0.2) is 24.3 Å². The molecule has 0 saturated carbocycles. The molecule has 1 amide bonds. The molecule has 16 heavy (non-hydrogen) atoms. The van der Waals surface area contributed by atoms with Crippen molar-refractivity contribution >= 4 is 11.9 Å². The van der Waals surface area contributed by atoms with Gasteiger partial charge in [-0.05, 0) is 17.5 Å². The molecule has 0 aliphatic heterocycles. The van der Waals surface area contributed by atoms with E-state index < -0.39 is 12.0 Å². The van der Waals surface area contributed by atoms with Gasteiger partial charge in [0.25, 0.3) is 0 Å². The first kappa shape index (κ1) is 10.7. The highest BCUT2D eigenvalue weighted by molar-refractivity contribution is 5.83. The quantitative estimate of drug-likeness (QED) is 0.794. The summed E-state index contributed by atoms with van der Waals surface area (Å²) in [6, 6.07) is 6.91. The summed E-state index contributed by atoms with van der Waals surface area (Å²) in [7, 11) is 0. The average Bonchev–Trinajstić information content (AvgIpc) is 2.17. The number of nitrogens with one attached hydrogen (secondary N) is 1. The molecule has 2 atom stereocenters. The number of hydrogen-bond donors (Lipinski definition) is 2. The molecule has 0 aromatic heterocycles. The number of hydrogen-bond acceptors (Lipinski definition) is 2. The Balaban J connectivity index is 2.19. The number of carbonyl (C=O) groups excluding carboxylic acids is 1. The van der Waals surface area contributed by atoms with Crippen LogP contribution >= 0.6 is 0 Å². The third-order valence-electron chi connectivity index (χ3n) is 2.92. The summed E-state index contributed by atoms with van der Waals surface area (Å²) >= 11 is 0. The molecular formula is C12H13NO3. The molecule has 0 bridgehead atoms. The lowest BCUT2D eigenvalue weighted by atomic mass is 9.73. The van der Waals surface area contributed by atoms with E-state index in [9.17, 15) is 9.59 Å². The molecule has 0 fully saturated rings. The van der Waals surface area contributed by atoms with Crippen molar-refractivity contribution in [2.24, 2.45) is 0 Å². The Labute approximate surface area is 93.3 Å². The second kappa shape index (κ2) is 3.96. The third kappa shape index (κ3) is 1.78. The Bertz CT molecular complexity index is 442. The minimum absolute atomic E-state index is 0.0994. The maximum atomic E-state index is 11.1. The standard InChI is InChI=1S/C12H13NO3/c1-7(14)13-11(12(15)16)10-6-8-4-2-3-5-9(8)10/h2-5,10-11H,6H2,1H3,(H,13,14)(H,15,16)/t10-,11?/m1/s1. The number of carboxylic acid groups (broad SMARTS) is 1. The summed E-state index contributed by atoms with van der Waals surface area (Å²) in [4.78, 5) is 22.0. The van der Waals surface area contributed by atoms with Crippen molar-refractivity contribution in [2.45, 2.75) is 25.3 Å². The maximum Gasteiger partial charge on any atom is 0.326 e. The molecule has 0 radical (unpaired) electrons. The van der Waals surface area contributed by atoms with Crippen molar-refractivity contribution in [1.82, 2.24) is 5.32 Å². The van der Waals surface area contributed by atoms with Crippen LogP contribution in [-0.2, 0) is 16.0 Å². The van der Waals surface area contributed by atoms with E-state index in [1.807, 2.05) is 24.3 Å². The Kier molecular flexibility index (Phi) is 2.64. The minimum Gasteiger partial charge on any atom is -0.480 e. The lowest BCUT2D eigenvalue weighted by molar-refractivity contribution is -0.142. The zero-order chi connectivity index (χ0) is 11.7. The van der Waals surface area contributed by atoms with Crippen LogP contribution in [0, 0.1) is 0 Å². The first-order valence-electron chi connectivity index (χ1n) is 5.17. The van der Waals surface area contributed by atoms with E-state index in [2.05, 4.69) is 5.32 Å². The molecule has 0 saturated heterocycles. The number of rotatable bonds is 3. The molecule has 2 rings (SSSR count). The molecule has 1 unspecified atom stereocenters. The molecule has 0 heterocycles. The molecule has 2 N–H and O–H groups in total. The van der Waals surface area contributed by atoms with E-state index in [1.54, 1.807) is 0 Å². The predicted molar refractivity (Wildman–Crippen MR) is 58.1 cm³/mol. The summed E-state index contributed by atoms with van der Waals surface area (Å²) in [5.74, 6) is -1.39. The second-order valence-electron chi connectivity index (χ2n) is 4.03. The number of fused-ring (bicyclic) bond motifs is 1. The van der Waals surface area contributed by atoms with Gasteiger partial charge in [0.05, 0.1) is 0 Å². The number of aliphatic carboxylic acids is 1. The SMILES string of the molecule is CC(=O)NC(C(=O)O)[C@@H]1Cc2ccccc21. The van der Waals surface area contributed by atoms with E-state index in [0.29, 0.717) is 6.42 Å². The molecule has 1 aromatic carbocycles. The summed E-state index contributed by atoms with van der Waals surface area (Å²) in [6.07, 6.45) is 0.716. The van der Waals surface area contributed by atoms with Crippen molar-refractivity contribution in [3.63, 3.8) is 0 Å². The number of benzene rings is 1. The minimum atomic E-state index is -0.977. The van der Waals surface area contributed by atoms with Gasteiger partial charge in [-0.15, -0.1) is 0 Å². The molecule has 1 aliphatic carbocycles. The molecule has 0 spiro atoms. The van der Waals surface area contributed by atoms with Crippen molar-refractivity contribution in [1.29, 1.82) is 0 Å². The zero-order valence-corrected chi connectivity index (χ0v) is 8.93. The highest BCUT2D eigenvalue weighted by Gasteiger charge is 2.37. The molecule has 4 heteroatoms. The van der Waals surface area contributed by atoms with Gasteiger partial charge >= 0.3 is 5.97 Å². The van der Waals surface area contributed by atoms with Crippen LogP contribution in [0.1, 0.15) is 24.0 Å². The number of carbonyl (C=O) groups is 2. The lowest BCUT2D eigenvalue weighted by Gasteiger charge is -2.34. The fourth-order valence-corrected chi connectivity index (χ4v) is 2.15. The van der Waals surface area contributed by atoms with Gasteiger partial charge in [0.1, 0.15) is 6.04 Å². The monoisotopic (exact) mass is 219 g/mol. The predicted octanol–water partition coefficient (Wildman–Crippen LogP) is 0.916. The van der Waals surface area contributed by atoms with E-state index in [0.717, 1.165) is 5.56 Å². The van der Waals surface area contributed by atoms with Gasteiger partial charge < -0.3 is 10.4 Å². The molecule has 1 aliphatic rings. The molecule has 84 valence electrons. The van der Waals surface area contributed by atoms with Crippen LogP contribution in [0.4, 0.5) is 0 Å². The molecule has 1 aromatic rings. The van der Waals surface area contributed by atoms with Crippen LogP contribution in [-0.4, -0.2) is 23.0 Å². The highest BCUT2D eigenvalue weighted by atomic mass is 16.4. The normalized spacial score (nSPS) is 19.2. The summed E-state index contributed by atoms with van der Waals surface area (Å²) < 4.78 is 0. The number of carboxylic acids is 1. The molecule has 4 nitrogen and oxygen atoms in total. The van der Waals surface area contributed by atoms with Crippen molar-refractivity contribution in [3.05, 3.63) is 35.4 Å². The zero-order valence-electron chi connectivity index (χ0n) is 8.93. The number of amides is 1. The van der Waals surface area contributed by atoms with E-state index in [1.165, 1.54) is 12.5 Å². The van der Waals surface area contributed by atoms with Gasteiger partial charge in [-0.2, -0.15) is 0 Å². The van der Waals surface area contributed by atoms with E-state index >= 15 is 0 Å². The van der Waals surface area contributed by atoms with Crippen LogP contribution in [0.3, 0.4) is 0 Å². The maximum absolute atomic E-state index is 11.1. The van der Waals surface area contributed by atoms with Crippen LogP contribution in [0.5, 0.6) is 0 Å². The second-order valence-corrected chi connectivity index (χ2v) is 4.03. The molecular weight excluding hydrogens is 206 g/mol. The van der Waals surface area contributed by atoms with Crippen LogP contribution in [0.25, 0.3) is 0 Å². The Hall–Kier alpha value is -1.84. The highest BCUT2D eigenvalue weighted by Crippen LogP contribution is 2.37. The summed E-state index contributed by atoms with van der Waals surface area (Å²) in [5, 5.41) is 11.6. The summed E-state index contributed by atoms with van der Waals surface area (Å²) in [5.41, 5.74) is 2.20. The van der Waals surface area contributed by atoms with Gasteiger partial charge in [0.15, 0.2) is 0 Å². The first-order chi connectivity index (χ1) is 7.59. The largest absolute Gasteiger partial charge is 0.480 e. The van der Waals surface area contributed by atoms with Gasteiger partial charge in [0.2, 0.25) is 5.91 Å². The topological polar surface area (TPSA) is 66.4 Å². The fraction of sp³-hybridized carbons (Fsp3) is 0.333. The van der Waals surface area contributed by atoms with E-state index in [-0.39, 0.29) is 11.8 Å². The van der Waals surface area contributed by atoms with Gasteiger partial charge in [-0.25, -0.2) is 4.79 Å². The van der Waals surface area contributed by atoms with Crippen molar-refractivity contribution in [2.75, 3.05) is 0 Å². The van der Waals surface area contributed by atoms with Crippen LogP contribution in [0.2, 0.25) is 0 Å². The summed E-state index contributed by atoms with van der Waals surface area (Å²) in [6.45, 7) is 1.33. The third-order valence-corrected chi connectivity index (χ3v) is 2.92. The van der Waals surface area contributed by atoms with Crippen molar-refractivity contribution < 1.29 is 14.7 Å². The first-order valence-corrected chi connectivity index (χ1v) is 5.17. The fourth-order valence-electron chi connectivity index (χ4n) is 2.15. The van der Waals surface area contributed by atoms with Gasteiger partial charge in [0, 0.05) is 12.8 Å². The average molecular weight is 219 g/mol. The lowest BCUT2D eigenvalue weighted by Crippen LogP contribution is -2.47. The smallest absolute Gasteiger partial charge is 0.326 e. The van der Waals surface area contributed by atoms with Crippen LogP contribution < -0.4 is 5.32 Å². The Morgan fingerprint density at radius 3 is 2.69 bits per heavy atom.